The number of hydrogen-bond donors (Lipinski definition) is 9. The van der Waals surface area contributed by atoms with Crippen LogP contribution in [0.4, 0.5) is 0 Å². The average Bonchev–Trinajstić information content (AvgIpc) is 3.26. The van der Waals surface area contributed by atoms with Crippen LogP contribution in [0.3, 0.4) is 0 Å². The number of carbonyl (C=O) groups is 9. The van der Waals surface area contributed by atoms with Gasteiger partial charge in [0.1, 0.15) is 24.4 Å². The maximum Gasteiger partial charge on any atom is 0.326 e. The zero-order valence-electron chi connectivity index (χ0n) is 42.7. The van der Waals surface area contributed by atoms with E-state index < -0.39 is 94.5 Å². The molecule has 0 radical (unpaired) electrons. The Balaban J connectivity index is 2.97. The highest BCUT2D eigenvalue weighted by molar-refractivity contribution is 6.00. The molecule has 0 aliphatic heterocycles. The predicted molar refractivity (Wildman–Crippen MR) is 261 cm³/mol. The monoisotopic (exact) mass is 1010 g/mol. The van der Waals surface area contributed by atoms with Gasteiger partial charge >= 0.3 is 23.9 Å². The lowest BCUT2D eigenvalue weighted by Crippen LogP contribution is -2.47. The van der Waals surface area contributed by atoms with Crippen molar-refractivity contribution in [3.63, 3.8) is 0 Å². The van der Waals surface area contributed by atoms with E-state index in [4.69, 9.17) is 24.4 Å². The van der Waals surface area contributed by atoms with Crippen molar-refractivity contribution in [1.29, 1.82) is 0 Å². The Kier molecular flexibility index (Phi) is 27.0. The molecule has 9 N–H and O–H groups in total. The van der Waals surface area contributed by atoms with Gasteiger partial charge in [-0.1, -0.05) is 34.1 Å². The summed E-state index contributed by atoms with van der Waals surface area (Å²) in [7, 11) is 0. The second-order valence-corrected chi connectivity index (χ2v) is 19.8. The quantitative estimate of drug-likeness (QED) is 0.0334. The van der Waals surface area contributed by atoms with Gasteiger partial charge in [-0.25, -0.2) is 9.59 Å². The van der Waals surface area contributed by atoms with Crippen molar-refractivity contribution >= 4 is 60.1 Å². The summed E-state index contributed by atoms with van der Waals surface area (Å²) in [5, 5.41) is 50.0. The first-order chi connectivity index (χ1) is 33.0. The summed E-state index contributed by atoms with van der Waals surface area (Å²) in [6.45, 7) is 18.5. The number of nitrogens with zero attached hydrogens (tertiary/aromatic N) is 1. The lowest BCUT2D eigenvalue weighted by Gasteiger charge is -2.30. The maximum absolute atomic E-state index is 13.6. The minimum absolute atomic E-state index is 0.0436. The van der Waals surface area contributed by atoms with Crippen LogP contribution in [0.25, 0.3) is 0 Å². The lowest BCUT2D eigenvalue weighted by atomic mass is 9.88. The SMILES string of the molecule is C=NCCCCCC(=O)NCCOc1cc(C(=O)NCCC(C)(C)OCCC(C)(C)C(=O)NC(CCC(=O)O)C(=O)O)cc(C(=O)NCCC(C)(C)OCCC(C)(C)C(=O)NC(CCC(=O)O)C(=O)O)c1. The van der Waals surface area contributed by atoms with E-state index in [1.807, 2.05) is 0 Å². The number of benzene rings is 1. The molecular weight excluding hydrogens is 929 g/mol. The van der Waals surface area contributed by atoms with E-state index in [1.54, 1.807) is 55.4 Å². The van der Waals surface area contributed by atoms with Crippen LogP contribution in [-0.2, 0) is 43.0 Å². The third kappa shape index (κ3) is 26.6. The van der Waals surface area contributed by atoms with Crippen LogP contribution in [0.1, 0.15) is 153 Å². The zero-order valence-corrected chi connectivity index (χ0v) is 42.7. The highest BCUT2D eigenvalue weighted by Crippen LogP contribution is 2.26. The predicted octanol–water partition coefficient (Wildman–Crippen LogP) is 3.97. The van der Waals surface area contributed by atoms with Gasteiger partial charge in [0.15, 0.2) is 0 Å². The fourth-order valence-corrected chi connectivity index (χ4v) is 6.53. The van der Waals surface area contributed by atoms with Gasteiger partial charge in [0, 0.05) is 74.1 Å². The number of carboxylic acids is 4. The summed E-state index contributed by atoms with van der Waals surface area (Å²) < 4.78 is 18.0. The molecule has 2 atom stereocenters. The summed E-state index contributed by atoms with van der Waals surface area (Å²) in [5.41, 5.74) is -3.44. The summed E-state index contributed by atoms with van der Waals surface area (Å²) >= 11 is 0. The van der Waals surface area contributed by atoms with Crippen LogP contribution < -0.4 is 31.3 Å². The van der Waals surface area contributed by atoms with E-state index in [1.165, 1.54) is 18.2 Å². The number of ether oxygens (including phenoxy) is 3. The summed E-state index contributed by atoms with van der Waals surface area (Å²) in [4.78, 5) is 114. The molecule has 2 unspecified atom stereocenters. The Hall–Kier alpha value is -6.16. The Bertz CT molecular complexity index is 1870. The van der Waals surface area contributed by atoms with Crippen LogP contribution in [0, 0.1) is 10.8 Å². The van der Waals surface area contributed by atoms with Gasteiger partial charge in [0.2, 0.25) is 17.7 Å². The first-order valence-electron chi connectivity index (χ1n) is 23.8. The first kappa shape index (κ1) is 62.9. The molecule has 0 saturated carbocycles. The van der Waals surface area contributed by atoms with Crippen molar-refractivity contribution in [2.24, 2.45) is 15.8 Å². The molecule has 1 rings (SSSR count). The minimum atomic E-state index is -1.36. The fraction of sp³-hybridized carbons (Fsp3) is 0.673. The van der Waals surface area contributed by atoms with E-state index in [0.29, 0.717) is 32.2 Å². The fourth-order valence-electron chi connectivity index (χ4n) is 6.53. The molecule has 0 aromatic heterocycles. The number of unbranched alkanes of at least 4 members (excludes halogenated alkanes) is 2. The Morgan fingerprint density at radius 1 is 0.563 bits per heavy atom. The molecule has 71 heavy (non-hydrogen) atoms. The largest absolute Gasteiger partial charge is 0.492 e. The van der Waals surface area contributed by atoms with E-state index in [2.05, 4.69) is 38.3 Å². The smallest absolute Gasteiger partial charge is 0.326 e. The van der Waals surface area contributed by atoms with E-state index in [0.717, 1.165) is 12.8 Å². The number of amides is 5. The molecule has 0 fully saturated rings. The highest BCUT2D eigenvalue weighted by atomic mass is 16.5. The number of carbonyl (C=O) groups excluding carboxylic acids is 5. The molecule has 1 aromatic carbocycles. The van der Waals surface area contributed by atoms with E-state index in [-0.39, 0.29) is 87.9 Å². The summed E-state index contributed by atoms with van der Waals surface area (Å²) in [5.74, 6) is -7.16. The van der Waals surface area contributed by atoms with Crippen LogP contribution in [0.5, 0.6) is 5.75 Å². The molecule has 0 aliphatic rings. The maximum atomic E-state index is 13.6. The number of aliphatic imine (C=N–C) groups is 1. The second kappa shape index (κ2) is 30.5. The molecule has 1 aromatic rings. The van der Waals surface area contributed by atoms with Gasteiger partial charge in [-0.15, -0.1) is 0 Å². The molecule has 22 nitrogen and oxygen atoms in total. The van der Waals surface area contributed by atoms with Gasteiger partial charge in [0.05, 0.1) is 17.7 Å². The van der Waals surface area contributed by atoms with Crippen molar-refractivity contribution < 1.29 is 77.8 Å². The van der Waals surface area contributed by atoms with Gasteiger partial charge < -0.3 is 66.2 Å². The summed E-state index contributed by atoms with van der Waals surface area (Å²) in [6.07, 6.45) is 2.40. The third-order valence-corrected chi connectivity index (χ3v) is 11.5. The van der Waals surface area contributed by atoms with Crippen LogP contribution in [0.15, 0.2) is 23.2 Å². The molecule has 0 heterocycles. The number of aliphatic carboxylic acids is 4. The van der Waals surface area contributed by atoms with Crippen molar-refractivity contribution in [2.75, 3.05) is 46.0 Å². The van der Waals surface area contributed by atoms with Crippen molar-refractivity contribution in [3.05, 3.63) is 29.3 Å². The number of carboxylic acid groups (broad SMARTS) is 4. The van der Waals surface area contributed by atoms with Crippen LogP contribution >= 0.6 is 0 Å². The van der Waals surface area contributed by atoms with Gasteiger partial charge in [-0.3, -0.25) is 33.6 Å². The molecule has 22 heteroatoms. The summed E-state index contributed by atoms with van der Waals surface area (Å²) in [6, 6.07) is 1.64. The Morgan fingerprint density at radius 3 is 1.39 bits per heavy atom. The minimum Gasteiger partial charge on any atom is -0.492 e. The number of rotatable bonds is 38. The molecule has 0 saturated heterocycles. The van der Waals surface area contributed by atoms with Crippen molar-refractivity contribution in [3.8, 4) is 5.75 Å². The van der Waals surface area contributed by atoms with E-state index in [9.17, 15) is 53.4 Å². The normalized spacial score (nSPS) is 12.7. The highest BCUT2D eigenvalue weighted by Gasteiger charge is 2.34. The topological polar surface area (TPSA) is 335 Å². The number of nitrogens with one attached hydrogen (secondary N) is 5. The molecule has 0 spiro atoms. The van der Waals surface area contributed by atoms with Crippen LogP contribution in [0.2, 0.25) is 0 Å². The van der Waals surface area contributed by atoms with Gasteiger partial charge in [-0.2, -0.15) is 0 Å². The Labute approximate surface area is 416 Å². The molecule has 0 aliphatic carbocycles. The lowest BCUT2D eigenvalue weighted by molar-refractivity contribution is -0.145. The molecular formula is C49H78N6O16. The zero-order chi connectivity index (χ0) is 54.0. The third-order valence-electron chi connectivity index (χ3n) is 11.5. The molecule has 0 bridgehead atoms. The first-order valence-corrected chi connectivity index (χ1v) is 23.8. The van der Waals surface area contributed by atoms with E-state index >= 15 is 0 Å². The molecule has 5 amide bonds. The van der Waals surface area contributed by atoms with Gasteiger partial charge in [-0.05, 0) is 104 Å². The van der Waals surface area contributed by atoms with Crippen molar-refractivity contribution in [1.82, 2.24) is 26.6 Å². The molecule has 400 valence electrons. The Morgan fingerprint density at radius 2 is 1.00 bits per heavy atom. The van der Waals surface area contributed by atoms with Crippen molar-refractivity contribution in [2.45, 2.75) is 156 Å². The van der Waals surface area contributed by atoms with Gasteiger partial charge in [0.25, 0.3) is 11.8 Å². The second-order valence-electron chi connectivity index (χ2n) is 19.8. The average molecular weight is 1010 g/mol. The van der Waals surface area contributed by atoms with Crippen LogP contribution in [-0.4, -0.2) is 150 Å². The number of hydrogen-bond acceptors (Lipinski definition) is 13. The standard InChI is InChI=1S/C49H78N6O16/c1-46(2,44(67)54-35(42(63)64)14-16-38(57)58)20-26-70-48(5,6)18-23-52-40(61)32-29-33(31-34(30-32)69-28-25-51-37(56)13-11-10-12-22-50-9)41(62)53-24-19-49(7,8)71-27-21-47(3,4)45(68)55-36(43(65)66)15-17-39(59)60/h29-31,35-36H,9-28H2,1-8H3,(H,51,56)(H,52,61)(H,53,62)(H,54,67)(H,55,68)(H,57,58)(H,59,60)(H,63,64)(H,65,66).